The molecule has 0 amide bonds. The molecule has 1 heterocycles. The van der Waals surface area contributed by atoms with E-state index in [-0.39, 0.29) is 25.0 Å². The summed E-state index contributed by atoms with van der Waals surface area (Å²) in [5, 5.41) is 49.7. The SMILES string of the molecule is CCN1CC2(COC)C(O)CC(OC)C34[C@@H]5C[C@@]6(O)C(OC(=O)c7ccccc7)[C@@H]5[C@@](O)(C(C(OC)[C@H]23)[C@@H]14)C(O)[C@@H]6OC. The van der Waals surface area contributed by atoms with Gasteiger partial charge >= 0.3 is 5.97 Å². The molecule has 11 heteroatoms. The number of methoxy groups -OCH3 is 4. The molecule has 43 heavy (non-hydrogen) atoms. The summed E-state index contributed by atoms with van der Waals surface area (Å²) in [7, 11) is 6.29. The van der Waals surface area contributed by atoms with E-state index >= 15 is 0 Å². The number of benzene rings is 1. The second-order valence-electron chi connectivity index (χ2n) is 13.9. The Morgan fingerprint density at radius 3 is 2.33 bits per heavy atom. The minimum Gasteiger partial charge on any atom is -0.455 e. The third kappa shape index (κ3) is 3.28. The molecular weight excluding hydrogens is 558 g/mol. The first kappa shape index (κ1) is 30.0. The van der Waals surface area contributed by atoms with Crippen LogP contribution in [0.1, 0.15) is 30.1 Å². The number of hydrogen-bond acceptors (Lipinski definition) is 11. The van der Waals surface area contributed by atoms with E-state index in [4.69, 9.17) is 23.7 Å². The van der Waals surface area contributed by atoms with E-state index in [1.54, 1.807) is 51.7 Å². The van der Waals surface area contributed by atoms with E-state index in [2.05, 4.69) is 11.8 Å². The van der Waals surface area contributed by atoms with Crippen LogP contribution in [0.2, 0.25) is 0 Å². The maximum atomic E-state index is 13.6. The van der Waals surface area contributed by atoms with Gasteiger partial charge in [0.1, 0.15) is 29.5 Å². The van der Waals surface area contributed by atoms with Crippen molar-refractivity contribution >= 4 is 5.97 Å². The monoisotopic (exact) mass is 603 g/mol. The van der Waals surface area contributed by atoms with Crippen LogP contribution in [0.3, 0.4) is 0 Å². The quantitative estimate of drug-likeness (QED) is 0.300. The van der Waals surface area contributed by atoms with Gasteiger partial charge in [0.15, 0.2) is 0 Å². The smallest absolute Gasteiger partial charge is 0.338 e. The molecule has 5 saturated carbocycles. The fraction of sp³-hybridized carbons (Fsp3) is 0.781. The lowest BCUT2D eigenvalue weighted by Gasteiger charge is -2.70. The summed E-state index contributed by atoms with van der Waals surface area (Å²) in [6.07, 6.45) is -5.27. The van der Waals surface area contributed by atoms with Crippen LogP contribution >= 0.6 is 0 Å². The van der Waals surface area contributed by atoms with Crippen molar-refractivity contribution in [1.82, 2.24) is 4.90 Å². The van der Waals surface area contributed by atoms with Crippen molar-refractivity contribution in [2.45, 2.75) is 73.6 Å². The van der Waals surface area contributed by atoms with Crippen LogP contribution in [-0.2, 0) is 23.7 Å². The number of fused-ring (bicyclic) bond motifs is 2. The molecule has 0 aromatic heterocycles. The van der Waals surface area contributed by atoms with Crippen LogP contribution in [0.25, 0.3) is 0 Å². The zero-order valence-corrected chi connectivity index (χ0v) is 25.5. The van der Waals surface area contributed by atoms with Gasteiger partial charge in [-0.3, -0.25) is 4.90 Å². The lowest BCUT2D eigenvalue weighted by atomic mass is 9.42. The Labute approximate surface area is 252 Å². The lowest BCUT2D eigenvalue weighted by molar-refractivity contribution is -0.320. The summed E-state index contributed by atoms with van der Waals surface area (Å²) >= 11 is 0. The third-order valence-electron chi connectivity index (χ3n) is 12.9. The second kappa shape index (κ2) is 9.91. The van der Waals surface area contributed by atoms with Crippen molar-refractivity contribution in [2.24, 2.45) is 34.5 Å². The highest BCUT2D eigenvalue weighted by atomic mass is 16.6. The van der Waals surface area contributed by atoms with Gasteiger partial charge in [-0.05, 0) is 31.0 Å². The molecular formula is C32H45NO10. The fourth-order valence-corrected chi connectivity index (χ4v) is 11.9. The van der Waals surface area contributed by atoms with Crippen molar-refractivity contribution in [1.29, 1.82) is 0 Å². The summed E-state index contributed by atoms with van der Waals surface area (Å²) < 4.78 is 30.5. The minimum absolute atomic E-state index is 0.106. The van der Waals surface area contributed by atoms with Crippen molar-refractivity contribution < 1.29 is 48.9 Å². The molecule has 15 atom stereocenters. The maximum absolute atomic E-state index is 13.6. The Morgan fingerprint density at radius 2 is 1.72 bits per heavy atom. The van der Waals surface area contributed by atoms with Gasteiger partial charge in [0, 0.05) is 76.0 Å². The second-order valence-corrected chi connectivity index (χ2v) is 13.9. The van der Waals surface area contributed by atoms with Crippen LogP contribution in [0.4, 0.5) is 0 Å². The molecule has 0 radical (unpaired) electrons. The zero-order valence-electron chi connectivity index (χ0n) is 25.5. The fourth-order valence-electron chi connectivity index (χ4n) is 11.9. The number of aliphatic hydroxyl groups is 4. The summed E-state index contributed by atoms with van der Waals surface area (Å²) in [6, 6.07) is 8.25. The average molecular weight is 604 g/mol. The molecule has 1 spiro atoms. The molecule has 1 saturated heterocycles. The first-order chi connectivity index (χ1) is 20.6. The number of rotatable bonds is 8. The van der Waals surface area contributed by atoms with Crippen LogP contribution in [-0.4, -0.2) is 133 Å². The Morgan fingerprint density at radius 1 is 1.00 bits per heavy atom. The van der Waals surface area contributed by atoms with E-state index in [0.29, 0.717) is 25.1 Å². The van der Waals surface area contributed by atoms with Crippen molar-refractivity contribution in [3.63, 3.8) is 0 Å². The number of likely N-dealkylation sites (tertiary alicyclic amines) is 1. The molecule has 238 valence electrons. The molecule has 4 N–H and O–H groups in total. The Bertz CT molecular complexity index is 1250. The summed E-state index contributed by atoms with van der Waals surface area (Å²) in [5.74, 6) is -2.94. The standard InChI is InChI=1S/C32H45NO10/c1-6-33-14-29(15-39-2)18(34)12-19(40-3)31-17-13-30(37)26(43-28(36)16-10-8-7-9-11-16)20(17)32(38,25(35)27(30)42-5)21(24(31)33)22(41-4)23(29)31/h7-11,17-27,34-35,37-38H,6,12-15H2,1-5H3/t17-,18?,19?,20-,21?,22?,23-,24-,25?,26?,27+,29?,30-,31?,32-/m1/s1. The predicted octanol–water partition coefficient (Wildman–Crippen LogP) is 0.0773. The van der Waals surface area contributed by atoms with Gasteiger partial charge in [-0.15, -0.1) is 0 Å². The first-order valence-electron chi connectivity index (χ1n) is 15.5. The third-order valence-corrected chi connectivity index (χ3v) is 12.9. The van der Waals surface area contributed by atoms with Crippen LogP contribution in [0.5, 0.6) is 0 Å². The van der Waals surface area contributed by atoms with E-state index in [0.717, 1.165) is 0 Å². The van der Waals surface area contributed by atoms with Gasteiger partial charge in [-0.25, -0.2) is 4.79 Å². The summed E-state index contributed by atoms with van der Waals surface area (Å²) in [6.45, 7) is 3.46. The Kier molecular flexibility index (Phi) is 6.92. The molecule has 1 aromatic carbocycles. The van der Waals surface area contributed by atoms with Gasteiger partial charge in [0.2, 0.25) is 0 Å². The highest BCUT2D eigenvalue weighted by Crippen LogP contribution is 2.80. The highest BCUT2D eigenvalue weighted by molar-refractivity contribution is 5.89. The number of ether oxygens (including phenoxy) is 5. The molecule has 8 unspecified atom stereocenters. The Hall–Kier alpha value is -1.67. The van der Waals surface area contributed by atoms with E-state index in [9.17, 15) is 25.2 Å². The van der Waals surface area contributed by atoms with Gasteiger partial charge in [-0.2, -0.15) is 0 Å². The minimum atomic E-state index is -1.86. The van der Waals surface area contributed by atoms with Gasteiger partial charge < -0.3 is 44.1 Å². The number of esters is 1. The largest absolute Gasteiger partial charge is 0.455 e. The topological polar surface area (TPSA) is 147 Å². The van der Waals surface area contributed by atoms with E-state index in [1.807, 2.05) is 0 Å². The molecule has 1 aliphatic heterocycles. The Balaban J connectivity index is 1.48. The lowest BCUT2D eigenvalue weighted by Crippen LogP contribution is -2.81. The summed E-state index contributed by atoms with van der Waals surface area (Å²) in [4.78, 5) is 15.8. The predicted molar refractivity (Wildman–Crippen MR) is 151 cm³/mol. The molecule has 6 fully saturated rings. The van der Waals surface area contributed by atoms with Gasteiger partial charge in [0.05, 0.1) is 30.5 Å². The number of nitrogens with zero attached hydrogens (tertiary/aromatic N) is 1. The normalized spacial score (nSPS) is 52.7. The molecule has 7 rings (SSSR count). The summed E-state index contributed by atoms with van der Waals surface area (Å²) in [5.41, 5.74) is -4.81. The first-order valence-corrected chi connectivity index (χ1v) is 15.5. The number of aliphatic hydroxyl groups excluding tert-OH is 2. The van der Waals surface area contributed by atoms with Gasteiger partial charge in [-0.1, -0.05) is 25.1 Å². The molecule has 11 nitrogen and oxygen atoms in total. The highest BCUT2D eigenvalue weighted by Gasteiger charge is 2.91. The van der Waals surface area contributed by atoms with Crippen LogP contribution in [0, 0.1) is 34.5 Å². The number of carbonyl (C=O) groups is 1. The van der Waals surface area contributed by atoms with Crippen LogP contribution < -0.4 is 0 Å². The number of hydrogen-bond donors (Lipinski definition) is 4. The molecule has 7 bridgehead atoms. The maximum Gasteiger partial charge on any atom is 0.338 e. The van der Waals surface area contributed by atoms with E-state index < -0.39 is 82.4 Å². The van der Waals surface area contributed by atoms with Crippen molar-refractivity contribution in [3.8, 4) is 0 Å². The van der Waals surface area contributed by atoms with Crippen molar-refractivity contribution in [2.75, 3.05) is 48.1 Å². The van der Waals surface area contributed by atoms with E-state index in [1.165, 1.54) is 7.11 Å². The molecule has 6 aliphatic rings. The van der Waals surface area contributed by atoms with Crippen molar-refractivity contribution in [3.05, 3.63) is 35.9 Å². The van der Waals surface area contributed by atoms with Gasteiger partial charge in [0.25, 0.3) is 0 Å². The molecule has 5 aliphatic carbocycles. The van der Waals surface area contributed by atoms with Crippen LogP contribution in [0.15, 0.2) is 30.3 Å². The zero-order chi connectivity index (χ0) is 30.7. The number of piperidine rings is 1. The number of carbonyl (C=O) groups excluding carboxylic acids is 1. The average Bonchev–Trinajstić information content (AvgIpc) is 3.39. The molecule has 1 aromatic rings.